The van der Waals surface area contributed by atoms with E-state index in [1.807, 2.05) is 50.2 Å². The van der Waals surface area contributed by atoms with Gasteiger partial charge in [0.05, 0.1) is 12.0 Å². The van der Waals surface area contributed by atoms with Crippen LogP contribution in [0.3, 0.4) is 0 Å². The van der Waals surface area contributed by atoms with Gasteiger partial charge < -0.3 is 0 Å². The summed E-state index contributed by atoms with van der Waals surface area (Å²) in [5.41, 5.74) is 4.52. The number of aryl methyl sites for hydroxylation is 2. The second kappa shape index (κ2) is 4.84. The third-order valence-electron chi connectivity index (χ3n) is 2.88. The van der Waals surface area contributed by atoms with Crippen molar-refractivity contribution in [2.45, 2.75) is 19.8 Å². The summed E-state index contributed by atoms with van der Waals surface area (Å²) >= 11 is 0. The third-order valence-corrected chi connectivity index (χ3v) is 2.88. The van der Waals surface area contributed by atoms with Gasteiger partial charge in [0, 0.05) is 0 Å². The molecule has 0 aliphatic heterocycles. The van der Waals surface area contributed by atoms with Gasteiger partial charge in [0.2, 0.25) is 0 Å². The maximum Gasteiger partial charge on any atom is 0.0962 e. The van der Waals surface area contributed by atoms with E-state index in [-0.39, 0.29) is 5.92 Å². The van der Waals surface area contributed by atoms with Crippen LogP contribution >= 0.6 is 0 Å². The number of hydrogen-bond donors (Lipinski definition) is 0. The fourth-order valence-electron chi connectivity index (χ4n) is 2.04. The average Bonchev–Trinajstić information content (AvgIpc) is 2.30. The fourth-order valence-corrected chi connectivity index (χ4v) is 2.04. The van der Waals surface area contributed by atoms with Gasteiger partial charge in [-0.05, 0) is 25.0 Å². The molecule has 0 aliphatic carbocycles. The van der Waals surface area contributed by atoms with Crippen molar-refractivity contribution in [3.05, 3.63) is 70.8 Å². The van der Waals surface area contributed by atoms with Gasteiger partial charge in [0.25, 0.3) is 0 Å². The van der Waals surface area contributed by atoms with Crippen LogP contribution in [0.2, 0.25) is 0 Å². The SMILES string of the molecule is Cc1cccc(C(C#N)c2cccc(C)c2)c1. The van der Waals surface area contributed by atoms with Gasteiger partial charge in [-0.15, -0.1) is 0 Å². The van der Waals surface area contributed by atoms with E-state index in [1.165, 1.54) is 11.1 Å². The Labute approximate surface area is 102 Å². The first-order chi connectivity index (χ1) is 8.20. The van der Waals surface area contributed by atoms with Crippen LogP contribution in [-0.2, 0) is 0 Å². The Kier molecular flexibility index (Phi) is 3.25. The quantitative estimate of drug-likeness (QED) is 0.753. The maximum atomic E-state index is 9.36. The van der Waals surface area contributed by atoms with Gasteiger partial charge >= 0.3 is 0 Å². The molecule has 0 radical (unpaired) electrons. The van der Waals surface area contributed by atoms with Crippen LogP contribution in [0.1, 0.15) is 28.2 Å². The van der Waals surface area contributed by atoms with Crippen LogP contribution in [-0.4, -0.2) is 0 Å². The zero-order valence-electron chi connectivity index (χ0n) is 10.1. The highest BCUT2D eigenvalue weighted by atomic mass is 14.3. The molecule has 0 aliphatic rings. The Morgan fingerprint density at radius 3 is 1.71 bits per heavy atom. The summed E-state index contributed by atoms with van der Waals surface area (Å²) in [5.74, 6) is -0.171. The van der Waals surface area contributed by atoms with E-state index >= 15 is 0 Å². The number of benzene rings is 2. The van der Waals surface area contributed by atoms with Crippen molar-refractivity contribution in [2.75, 3.05) is 0 Å². The second-order valence-electron chi connectivity index (χ2n) is 4.39. The summed E-state index contributed by atoms with van der Waals surface area (Å²) < 4.78 is 0. The predicted molar refractivity (Wildman–Crippen MR) is 69.8 cm³/mol. The minimum atomic E-state index is -0.171. The van der Waals surface area contributed by atoms with Crippen LogP contribution in [0.25, 0.3) is 0 Å². The molecular formula is C16H15N. The molecule has 0 atom stereocenters. The molecule has 0 heterocycles. The van der Waals surface area contributed by atoms with Crippen LogP contribution < -0.4 is 0 Å². The van der Waals surface area contributed by atoms with Gasteiger partial charge in [-0.25, -0.2) is 0 Å². The third kappa shape index (κ3) is 2.54. The number of hydrogen-bond acceptors (Lipinski definition) is 1. The summed E-state index contributed by atoms with van der Waals surface area (Å²) in [6.45, 7) is 4.10. The molecule has 1 heteroatoms. The van der Waals surface area contributed by atoms with Gasteiger partial charge in [-0.2, -0.15) is 5.26 Å². The van der Waals surface area contributed by atoms with E-state index in [2.05, 4.69) is 18.2 Å². The highest BCUT2D eigenvalue weighted by Gasteiger charge is 2.13. The molecule has 2 rings (SSSR count). The van der Waals surface area contributed by atoms with Gasteiger partial charge in [0.1, 0.15) is 0 Å². The first-order valence-corrected chi connectivity index (χ1v) is 5.73. The molecule has 1 nitrogen and oxygen atoms in total. The summed E-state index contributed by atoms with van der Waals surface area (Å²) in [4.78, 5) is 0. The Morgan fingerprint density at radius 1 is 0.882 bits per heavy atom. The maximum absolute atomic E-state index is 9.36. The van der Waals surface area contributed by atoms with E-state index < -0.39 is 0 Å². The lowest BCUT2D eigenvalue weighted by atomic mass is 9.91. The summed E-state index contributed by atoms with van der Waals surface area (Å²) in [7, 11) is 0. The Morgan fingerprint density at radius 2 is 1.35 bits per heavy atom. The monoisotopic (exact) mass is 221 g/mol. The first-order valence-electron chi connectivity index (χ1n) is 5.73. The topological polar surface area (TPSA) is 23.8 Å². The lowest BCUT2D eigenvalue weighted by Crippen LogP contribution is -1.98. The largest absolute Gasteiger partial charge is 0.197 e. The molecule has 0 bridgehead atoms. The first kappa shape index (κ1) is 11.4. The summed E-state index contributed by atoms with van der Waals surface area (Å²) in [6.07, 6.45) is 0. The zero-order chi connectivity index (χ0) is 12.3. The fraction of sp³-hybridized carbons (Fsp3) is 0.188. The van der Waals surface area contributed by atoms with Gasteiger partial charge in [-0.3, -0.25) is 0 Å². The highest BCUT2D eigenvalue weighted by molar-refractivity contribution is 5.40. The molecule has 2 aromatic rings. The van der Waals surface area contributed by atoms with Crippen molar-refractivity contribution >= 4 is 0 Å². The Bertz CT molecular complexity index is 518. The second-order valence-corrected chi connectivity index (χ2v) is 4.39. The molecule has 2 aromatic carbocycles. The van der Waals surface area contributed by atoms with Crippen molar-refractivity contribution in [2.24, 2.45) is 0 Å². The molecular weight excluding hydrogens is 206 g/mol. The smallest absolute Gasteiger partial charge is 0.0962 e. The van der Waals surface area contributed by atoms with Gasteiger partial charge in [0.15, 0.2) is 0 Å². The van der Waals surface area contributed by atoms with Crippen molar-refractivity contribution in [1.82, 2.24) is 0 Å². The minimum Gasteiger partial charge on any atom is -0.197 e. The zero-order valence-corrected chi connectivity index (χ0v) is 10.1. The van der Waals surface area contributed by atoms with Crippen molar-refractivity contribution in [1.29, 1.82) is 5.26 Å². The Hall–Kier alpha value is -2.07. The molecule has 84 valence electrons. The molecule has 0 unspecified atom stereocenters. The molecule has 0 saturated heterocycles. The Balaban J connectivity index is 2.45. The van der Waals surface area contributed by atoms with E-state index in [0.717, 1.165) is 11.1 Å². The molecule has 17 heavy (non-hydrogen) atoms. The molecule has 0 fully saturated rings. The standard InChI is InChI=1S/C16H15N/c1-12-5-3-7-14(9-12)16(11-17)15-8-4-6-13(2)10-15/h3-10,16H,1-2H3. The van der Waals surface area contributed by atoms with E-state index in [1.54, 1.807) is 0 Å². The predicted octanol–water partition coefficient (Wildman–Crippen LogP) is 3.96. The van der Waals surface area contributed by atoms with E-state index in [9.17, 15) is 5.26 Å². The van der Waals surface area contributed by atoms with Gasteiger partial charge in [-0.1, -0.05) is 59.7 Å². The summed E-state index contributed by atoms with van der Waals surface area (Å²) in [5, 5.41) is 9.36. The van der Waals surface area contributed by atoms with Crippen molar-refractivity contribution in [3.8, 4) is 6.07 Å². The number of rotatable bonds is 2. The molecule has 0 amide bonds. The van der Waals surface area contributed by atoms with E-state index in [0.29, 0.717) is 0 Å². The number of nitrogens with zero attached hydrogens (tertiary/aromatic N) is 1. The lowest BCUT2D eigenvalue weighted by molar-refractivity contribution is 1.03. The van der Waals surface area contributed by atoms with Crippen molar-refractivity contribution in [3.63, 3.8) is 0 Å². The average molecular weight is 221 g/mol. The van der Waals surface area contributed by atoms with Crippen LogP contribution in [0.4, 0.5) is 0 Å². The molecule has 0 aromatic heterocycles. The lowest BCUT2D eigenvalue weighted by Gasteiger charge is -2.11. The minimum absolute atomic E-state index is 0.171. The van der Waals surface area contributed by atoms with Crippen LogP contribution in [0.15, 0.2) is 48.5 Å². The highest BCUT2D eigenvalue weighted by Crippen LogP contribution is 2.25. The summed E-state index contributed by atoms with van der Waals surface area (Å²) in [6, 6.07) is 18.7. The van der Waals surface area contributed by atoms with Crippen LogP contribution in [0.5, 0.6) is 0 Å². The van der Waals surface area contributed by atoms with E-state index in [4.69, 9.17) is 0 Å². The normalized spacial score (nSPS) is 10.2. The van der Waals surface area contributed by atoms with Crippen molar-refractivity contribution < 1.29 is 0 Å². The molecule has 0 N–H and O–H groups in total. The van der Waals surface area contributed by atoms with Crippen LogP contribution in [0, 0.1) is 25.2 Å². The molecule has 0 spiro atoms. The number of nitriles is 1. The molecule has 0 saturated carbocycles.